The van der Waals surface area contributed by atoms with E-state index in [1.807, 2.05) is 13.8 Å². The van der Waals surface area contributed by atoms with Gasteiger partial charge >= 0.3 is 0 Å². The molecule has 0 aromatic heterocycles. The summed E-state index contributed by atoms with van der Waals surface area (Å²) < 4.78 is 0. The Morgan fingerprint density at radius 2 is 1.67 bits per heavy atom. The molecule has 1 rings (SSSR count). The minimum atomic E-state index is -0.0831. The van der Waals surface area contributed by atoms with E-state index in [9.17, 15) is 4.79 Å². The predicted molar refractivity (Wildman–Crippen MR) is 89.0 cm³/mol. The number of nitrogens with two attached hydrogens (primary N) is 1. The minimum Gasteiger partial charge on any atom is -0.349 e. The second-order valence-electron chi connectivity index (χ2n) is 6.50. The van der Waals surface area contributed by atoms with E-state index >= 15 is 0 Å². The molecule has 3 nitrogen and oxygen atoms in total. The molecule has 0 spiro atoms. The highest BCUT2D eigenvalue weighted by Gasteiger charge is 2.20. The van der Waals surface area contributed by atoms with E-state index < -0.39 is 0 Å². The second-order valence-corrected chi connectivity index (χ2v) is 6.50. The maximum absolute atomic E-state index is 12.2. The molecule has 0 bridgehead atoms. The van der Waals surface area contributed by atoms with Gasteiger partial charge in [0, 0.05) is 12.5 Å². The molecule has 1 amide bonds. The van der Waals surface area contributed by atoms with Gasteiger partial charge in [-0.3, -0.25) is 4.79 Å². The number of carbonyl (C=O) groups excluding carboxylic acids is 1. The van der Waals surface area contributed by atoms with Crippen molar-refractivity contribution >= 4 is 5.91 Å². The summed E-state index contributed by atoms with van der Waals surface area (Å²) in [5.74, 6) is 0.697. The molecule has 0 saturated heterocycles. The summed E-state index contributed by atoms with van der Waals surface area (Å²) in [4.78, 5) is 12.2. The molecule has 3 N–H and O–H groups in total. The van der Waals surface area contributed by atoms with Crippen molar-refractivity contribution in [2.24, 2.45) is 17.6 Å². The van der Waals surface area contributed by atoms with Crippen LogP contribution in [0.5, 0.6) is 0 Å². The number of carbonyl (C=O) groups is 1. The SMILES string of the molecule is CCc1ccc(C(NC(=O)CC(N)C(C)C)C(C)C)cc1. The monoisotopic (exact) mass is 290 g/mol. The first-order chi connectivity index (χ1) is 9.85. The topological polar surface area (TPSA) is 55.1 Å². The molecule has 0 aliphatic rings. The molecule has 0 saturated carbocycles. The highest BCUT2D eigenvalue weighted by molar-refractivity contribution is 5.77. The Bertz CT molecular complexity index is 437. The van der Waals surface area contributed by atoms with Crippen molar-refractivity contribution in [1.29, 1.82) is 0 Å². The molecule has 2 atom stereocenters. The third-order valence-electron chi connectivity index (χ3n) is 4.01. The summed E-state index contributed by atoms with van der Waals surface area (Å²) in [5, 5.41) is 3.14. The number of hydrogen-bond donors (Lipinski definition) is 2. The fourth-order valence-electron chi connectivity index (χ4n) is 2.28. The smallest absolute Gasteiger partial charge is 0.222 e. The number of rotatable bonds is 7. The van der Waals surface area contributed by atoms with E-state index in [1.54, 1.807) is 0 Å². The normalized spacial score (nSPS) is 14.3. The van der Waals surface area contributed by atoms with E-state index in [4.69, 9.17) is 5.73 Å². The Kier molecular flexibility index (Phi) is 6.90. The van der Waals surface area contributed by atoms with Gasteiger partial charge in [-0.25, -0.2) is 0 Å². The molecule has 2 unspecified atom stereocenters. The first kappa shape index (κ1) is 17.7. The molecule has 0 radical (unpaired) electrons. The van der Waals surface area contributed by atoms with E-state index in [-0.39, 0.29) is 18.0 Å². The summed E-state index contributed by atoms with van der Waals surface area (Å²) in [6.45, 7) is 10.5. The number of amides is 1. The second kappa shape index (κ2) is 8.18. The zero-order chi connectivity index (χ0) is 16.0. The fraction of sp³-hybridized carbons (Fsp3) is 0.611. The standard InChI is InChI=1S/C18H30N2O/c1-6-14-7-9-15(10-8-14)18(13(4)5)20-17(21)11-16(19)12(2)3/h7-10,12-13,16,18H,6,11,19H2,1-5H3,(H,20,21). The number of hydrogen-bond acceptors (Lipinski definition) is 2. The van der Waals surface area contributed by atoms with E-state index in [1.165, 1.54) is 5.56 Å². The molecule has 0 fully saturated rings. The van der Waals surface area contributed by atoms with Gasteiger partial charge in [-0.15, -0.1) is 0 Å². The lowest BCUT2D eigenvalue weighted by atomic mass is 9.94. The Labute approximate surface area is 129 Å². The van der Waals surface area contributed by atoms with Gasteiger partial charge < -0.3 is 11.1 Å². The Morgan fingerprint density at radius 3 is 2.10 bits per heavy atom. The Hall–Kier alpha value is -1.35. The van der Waals surface area contributed by atoms with Crippen LogP contribution in [0.1, 0.15) is 58.2 Å². The van der Waals surface area contributed by atoms with Crippen LogP contribution in [0.4, 0.5) is 0 Å². The van der Waals surface area contributed by atoms with Crippen molar-refractivity contribution < 1.29 is 4.79 Å². The van der Waals surface area contributed by atoms with Crippen LogP contribution in [-0.4, -0.2) is 11.9 Å². The van der Waals surface area contributed by atoms with E-state index in [2.05, 4.69) is 50.4 Å². The van der Waals surface area contributed by atoms with Crippen LogP contribution in [0.2, 0.25) is 0 Å². The molecule has 0 heterocycles. The summed E-state index contributed by atoms with van der Waals surface area (Å²) in [7, 11) is 0. The maximum Gasteiger partial charge on any atom is 0.222 e. The van der Waals surface area contributed by atoms with Crippen LogP contribution in [0.25, 0.3) is 0 Å². The Balaban J connectivity index is 2.75. The molecule has 0 aliphatic heterocycles. The zero-order valence-corrected chi connectivity index (χ0v) is 14.0. The largest absolute Gasteiger partial charge is 0.349 e. The van der Waals surface area contributed by atoms with Crippen molar-refractivity contribution in [2.75, 3.05) is 0 Å². The van der Waals surface area contributed by atoms with Crippen LogP contribution < -0.4 is 11.1 Å². The molecule has 21 heavy (non-hydrogen) atoms. The van der Waals surface area contributed by atoms with Crippen molar-refractivity contribution in [1.82, 2.24) is 5.32 Å². The van der Waals surface area contributed by atoms with Gasteiger partial charge in [-0.05, 0) is 29.4 Å². The first-order valence-electron chi connectivity index (χ1n) is 7.98. The predicted octanol–water partition coefficient (Wildman–Crippen LogP) is 3.44. The highest BCUT2D eigenvalue weighted by atomic mass is 16.1. The zero-order valence-electron chi connectivity index (χ0n) is 14.0. The minimum absolute atomic E-state index is 0.0365. The lowest BCUT2D eigenvalue weighted by molar-refractivity contribution is -0.122. The summed E-state index contributed by atoms with van der Waals surface area (Å²) in [6.07, 6.45) is 1.41. The maximum atomic E-state index is 12.2. The van der Waals surface area contributed by atoms with Crippen molar-refractivity contribution in [3.63, 3.8) is 0 Å². The van der Waals surface area contributed by atoms with Crippen LogP contribution in [0.3, 0.4) is 0 Å². The van der Waals surface area contributed by atoms with E-state index in [0.29, 0.717) is 18.3 Å². The van der Waals surface area contributed by atoms with Crippen molar-refractivity contribution in [3.05, 3.63) is 35.4 Å². The van der Waals surface area contributed by atoms with Crippen LogP contribution >= 0.6 is 0 Å². The summed E-state index contributed by atoms with van der Waals surface area (Å²) in [5.41, 5.74) is 8.46. The fourth-order valence-corrected chi connectivity index (χ4v) is 2.28. The van der Waals surface area contributed by atoms with Gasteiger partial charge in [0.2, 0.25) is 5.91 Å². The third-order valence-corrected chi connectivity index (χ3v) is 4.01. The summed E-state index contributed by atoms with van der Waals surface area (Å²) >= 11 is 0. The number of benzene rings is 1. The van der Waals surface area contributed by atoms with Gasteiger partial charge in [0.15, 0.2) is 0 Å². The molecule has 1 aromatic rings. The van der Waals surface area contributed by atoms with Crippen molar-refractivity contribution in [2.45, 2.75) is 59.5 Å². The molecular formula is C18H30N2O. The third kappa shape index (κ3) is 5.50. The van der Waals surface area contributed by atoms with Gasteiger partial charge in [0.05, 0.1) is 6.04 Å². The summed E-state index contributed by atoms with van der Waals surface area (Å²) in [6, 6.07) is 8.47. The molecular weight excluding hydrogens is 260 g/mol. The highest BCUT2D eigenvalue weighted by Crippen LogP contribution is 2.22. The average Bonchev–Trinajstić information content (AvgIpc) is 2.44. The van der Waals surface area contributed by atoms with Crippen LogP contribution in [0.15, 0.2) is 24.3 Å². The Morgan fingerprint density at radius 1 is 1.10 bits per heavy atom. The quantitative estimate of drug-likeness (QED) is 0.808. The lowest BCUT2D eigenvalue weighted by Gasteiger charge is -2.24. The molecule has 118 valence electrons. The van der Waals surface area contributed by atoms with Crippen molar-refractivity contribution in [3.8, 4) is 0 Å². The molecule has 3 heteroatoms. The lowest BCUT2D eigenvalue weighted by Crippen LogP contribution is -2.38. The molecule has 0 aliphatic carbocycles. The van der Waals surface area contributed by atoms with E-state index in [0.717, 1.165) is 12.0 Å². The first-order valence-corrected chi connectivity index (χ1v) is 7.98. The number of aryl methyl sites for hydroxylation is 1. The van der Waals surface area contributed by atoms with Crippen LogP contribution in [-0.2, 0) is 11.2 Å². The average molecular weight is 290 g/mol. The number of nitrogens with one attached hydrogen (secondary N) is 1. The van der Waals surface area contributed by atoms with Gasteiger partial charge in [-0.1, -0.05) is 58.9 Å². The van der Waals surface area contributed by atoms with Gasteiger partial charge in [-0.2, -0.15) is 0 Å². The van der Waals surface area contributed by atoms with Gasteiger partial charge in [0.25, 0.3) is 0 Å². The van der Waals surface area contributed by atoms with Crippen LogP contribution in [0, 0.1) is 11.8 Å². The van der Waals surface area contributed by atoms with Gasteiger partial charge in [0.1, 0.15) is 0 Å². The molecule has 1 aromatic carbocycles.